The van der Waals surface area contributed by atoms with Gasteiger partial charge in [-0.25, -0.2) is 0 Å². The average molecular weight is 296 g/mol. The van der Waals surface area contributed by atoms with E-state index in [1.807, 2.05) is 24.3 Å². The highest BCUT2D eigenvalue weighted by molar-refractivity contribution is 6.30. The van der Waals surface area contributed by atoms with Crippen LogP contribution in [-0.2, 0) is 9.53 Å². The number of carbonyl (C=O) groups excluding carboxylic acids is 1. The van der Waals surface area contributed by atoms with E-state index in [4.69, 9.17) is 16.3 Å². The SMILES string of the molecule is CC(C)C(NC(=O)C1CCOCC1)c1ccc(Cl)cc1. The summed E-state index contributed by atoms with van der Waals surface area (Å²) in [6.45, 7) is 5.60. The second kappa shape index (κ2) is 7.09. The number of ether oxygens (including phenoxy) is 1. The molecule has 1 aliphatic heterocycles. The van der Waals surface area contributed by atoms with Gasteiger partial charge < -0.3 is 10.1 Å². The van der Waals surface area contributed by atoms with Gasteiger partial charge in [0, 0.05) is 24.2 Å². The van der Waals surface area contributed by atoms with E-state index in [1.165, 1.54) is 0 Å². The maximum atomic E-state index is 12.4. The quantitative estimate of drug-likeness (QED) is 0.922. The fraction of sp³-hybridized carbons (Fsp3) is 0.562. The summed E-state index contributed by atoms with van der Waals surface area (Å²) < 4.78 is 5.31. The number of halogens is 1. The number of hydrogen-bond donors (Lipinski definition) is 1. The van der Waals surface area contributed by atoms with Crippen molar-refractivity contribution in [2.24, 2.45) is 11.8 Å². The minimum atomic E-state index is 0.0302. The summed E-state index contributed by atoms with van der Waals surface area (Å²) >= 11 is 5.92. The van der Waals surface area contributed by atoms with Gasteiger partial charge in [0.2, 0.25) is 5.91 Å². The van der Waals surface area contributed by atoms with E-state index in [2.05, 4.69) is 19.2 Å². The summed E-state index contributed by atoms with van der Waals surface area (Å²) in [4.78, 5) is 12.4. The Morgan fingerprint density at radius 3 is 2.40 bits per heavy atom. The Morgan fingerprint density at radius 2 is 1.85 bits per heavy atom. The molecule has 0 radical (unpaired) electrons. The van der Waals surface area contributed by atoms with Crippen molar-refractivity contribution < 1.29 is 9.53 Å². The first-order valence-corrected chi connectivity index (χ1v) is 7.59. The van der Waals surface area contributed by atoms with E-state index in [1.54, 1.807) is 0 Å². The third-order valence-corrected chi connectivity index (χ3v) is 4.04. The van der Waals surface area contributed by atoms with Crippen molar-refractivity contribution in [2.45, 2.75) is 32.7 Å². The zero-order valence-corrected chi connectivity index (χ0v) is 12.8. The first kappa shape index (κ1) is 15.3. The molecule has 1 N–H and O–H groups in total. The van der Waals surface area contributed by atoms with Gasteiger partial charge in [0.25, 0.3) is 0 Å². The fourth-order valence-corrected chi connectivity index (χ4v) is 2.66. The Balaban J connectivity index is 2.05. The van der Waals surface area contributed by atoms with Crippen molar-refractivity contribution in [1.82, 2.24) is 5.32 Å². The fourth-order valence-electron chi connectivity index (χ4n) is 2.54. The molecule has 20 heavy (non-hydrogen) atoms. The standard InChI is InChI=1S/C16H22ClNO2/c1-11(2)15(12-3-5-14(17)6-4-12)18-16(19)13-7-9-20-10-8-13/h3-6,11,13,15H,7-10H2,1-2H3,(H,18,19). The van der Waals surface area contributed by atoms with Crippen molar-refractivity contribution in [1.29, 1.82) is 0 Å². The zero-order chi connectivity index (χ0) is 14.5. The molecule has 110 valence electrons. The minimum Gasteiger partial charge on any atom is -0.381 e. The molecule has 0 saturated carbocycles. The van der Waals surface area contributed by atoms with Crippen LogP contribution in [0.3, 0.4) is 0 Å². The van der Waals surface area contributed by atoms with Gasteiger partial charge in [-0.15, -0.1) is 0 Å². The lowest BCUT2D eigenvalue weighted by molar-refractivity contribution is -0.129. The molecule has 0 aromatic heterocycles. The van der Waals surface area contributed by atoms with Crippen molar-refractivity contribution >= 4 is 17.5 Å². The van der Waals surface area contributed by atoms with Crippen LogP contribution in [0.1, 0.15) is 38.3 Å². The normalized spacial score (nSPS) is 18.0. The van der Waals surface area contributed by atoms with Crippen LogP contribution in [-0.4, -0.2) is 19.1 Å². The molecule has 0 spiro atoms. The van der Waals surface area contributed by atoms with E-state index < -0.39 is 0 Å². The average Bonchev–Trinajstić information content (AvgIpc) is 2.46. The Bertz CT molecular complexity index is 438. The number of rotatable bonds is 4. The first-order valence-electron chi connectivity index (χ1n) is 7.21. The molecular weight excluding hydrogens is 274 g/mol. The summed E-state index contributed by atoms with van der Waals surface area (Å²) in [5.74, 6) is 0.555. The molecule has 1 amide bonds. The number of benzene rings is 1. The molecule has 1 unspecified atom stereocenters. The third kappa shape index (κ3) is 3.97. The highest BCUT2D eigenvalue weighted by Crippen LogP contribution is 2.25. The highest BCUT2D eigenvalue weighted by Gasteiger charge is 2.25. The molecule has 1 aromatic rings. The van der Waals surface area contributed by atoms with Crippen molar-refractivity contribution in [3.8, 4) is 0 Å². The van der Waals surface area contributed by atoms with Gasteiger partial charge in [-0.1, -0.05) is 37.6 Å². The van der Waals surface area contributed by atoms with Gasteiger partial charge in [0.15, 0.2) is 0 Å². The predicted octanol–water partition coefficient (Wildman–Crippen LogP) is 3.58. The number of hydrogen-bond acceptors (Lipinski definition) is 2. The summed E-state index contributed by atoms with van der Waals surface area (Å²) in [6, 6.07) is 7.73. The maximum absolute atomic E-state index is 12.4. The number of amides is 1. The summed E-state index contributed by atoms with van der Waals surface area (Å²) in [5.41, 5.74) is 1.10. The Kier molecular flexibility index (Phi) is 5.44. The number of carbonyl (C=O) groups is 1. The van der Waals surface area contributed by atoms with E-state index >= 15 is 0 Å². The molecule has 1 saturated heterocycles. The van der Waals surface area contributed by atoms with Crippen molar-refractivity contribution in [2.75, 3.05) is 13.2 Å². The predicted molar refractivity (Wildman–Crippen MR) is 80.7 cm³/mol. The third-order valence-electron chi connectivity index (χ3n) is 3.79. The molecule has 4 heteroatoms. The molecule has 1 fully saturated rings. The molecule has 2 rings (SSSR count). The molecule has 0 aliphatic carbocycles. The van der Waals surface area contributed by atoms with Gasteiger partial charge >= 0.3 is 0 Å². The topological polar surface area (TPSA) is 38.3 Å². The lowest BCUT2D eigenvalue weighted by atomic mass is 9.93. The molecule has 3 nitrogen and oxygen atoms in total. The van der Waals surface area contributed by atoms with Crippen LogP contribution in [0.25, 0.3) is 0 Å². The second-order valence-electron chi connectivity index (χ2n) is 5.67. The molecule has 0 bridgehead atoms. The Hall–Kier alpha value is -1.06. The van der Waals surface area contributed by atoms with E-state index in [0.717, 1.165) is 18.4 Å². The summed E-state index contributed by atoms with van der Waals surface area (Å²) in [6.07, 6.45) is 1.63. The minimum absolute atomic E-state index is 0.0302. The van der Waals surface area contributed by atoms with Gasteiger partial charge in [0.1, 0.15) is 0 Å². The van der Waals surface area contributed by atoms with Crippen LogP contribution in [0.15, 0.2) is 24.3 Å². The van der Waals surface area contributed by atoms with E-state index in [0.29, 0.717) is 24.2 Å². The monoisotopic (exact) mass is 295 g/mol. The molecule has 1 atom stereocenters. The van der Waals surface area contributed by atoms with Gasteiger partial charge in [0.05, 0.1) is 6.04 Å². The smallest absolute Gasteiger partial charge is 0.223 e. The zero-order valence-electron chi connectivity index (χ0n) is 12.1. The van der Waals surface area contributed by atoms with Crippen molar-refractivity contribution in [3.63, 3.8) is 0 Å². The highest BCUT2D eigenvalue weighted by atomic mass is 35.5. The maximum Gasteiger partial charge on any atom is 0.223 e. The number of nitrogens with one attached hydrogen (secondary N) is 1. The molecule has 1 heterocycles. The van der Waals surface area contributed by atoms with E-state index in [9.17, 15) is 4.79 Å². The lowest BCUT2D eigenvalue weighted by Gasteiger charge is -2.27. The van der Waals surface area contributed by atoms with Crippen LogP contribution in [0.2, 0.25) is 5.02 Å². The first-order chi connectivity index (χ1) is 9.58. The Morgan fingerprint density at radius 1 is 1.25 bits per heavy atom. The van der Waals surface area contributed by atoms with Crippen LogP contribution in [0.5, 0.6) is 0 Å². The van der Waals surface area contributed by atoms with Crippen LogP contribution in [0, 0.1) is 11.8 Å². The molecule has 1 aromatic carbocycles. The van der Waals surface area contributed by atoms with E-state index in [-0.39, 0.29) is 17.9 Å². The summed E-state index contributed by atoms with van der Waals surface area (Å²) in [5, 5.41) is 3.90. The Labute approximate surface area is 125 Å². The second-order valence-corrected chi connectivity index (χ2v) is 6.10. The van der Waals surface area contributed by atoms with Crippen LogP contribution < -0.4 is 5.32 Å². The van der Waals surface area contributed by atoms with Gasteiger partial charge in [-0.3, -0.25) is 4.79 Å². The molecule has 1 aliphatic rings. The van der Waals surface area contributed by atoms with Crippen LogP contribution >= 0.6 is 11.6 Å². The van der Waals surface area contributed by atoms with Crippen LogP contribution in [0.4, 0.5) is 0 Å². The lowest BCUT2D eigenvalue weighted by Crippen LogP contribution is -2.38. The largest absolute Gasteiger partial charge is 0.381 e. The van der Waals surface area contributed by atoms with Gasteiger partial charge in [-0.05, 0) is 36.5 Å². The molecular formula is C16H22ClNO2. The van der Waals surface area contributed by atoms with Crippen molar-refractivity contribution in [3.05, 3.63) is 34.9 Å². The van der Waals surface area contributed by atoms with Gasteiger partial charge in [-0.2, -0.15) is 0 Å². The summed E-state index contributed by atoms with van der Waals surface area (Å²) in [7, 11) is 0.